The van der Waals surface area contributed by atoms with E-state index in [9.17, 15) is 4.39 Å². The van der Waals surface area contributed by atoms with Gasteiger partial charge in [-0.25, -0.2) is 4.39 Å². The summed E-state index contributed by atoms with van der Waals surface area (Å²) in [6.45, 7) is 7.93. The average Bonchev–Trinajstić information content (AvgIpc) is 2.32. The van der Waals surface area contributed by atoms with E-state index < -0.39 is 0 Å². The van der Waals surface area contributed by atoms with Crippen molar-refractivity contribution >= 4 is 0 Å². The van der Waals surface area contributed by atoms with E-state index in [4.69, 9.17) is 4.74 Å². The number of halogens is 1. The van der Waals surface area contributed by atoms with Crippen LogP contribution in [-0.4, -0.2) is 19.2 Å². The van der Waals surface area contributed by atoms with Crippen molar-refractivity contribution in [3.63, 3.8) is 0 Å². The lowest BCUT2D eigenvalue weighted by Crippen LogP contribution is -2.31. The van der Waals surface area contributed by atoms with Gasteiger partial charge in [0.15, 0.2) is 0 Å². The zero-order valence-corrected chi connectivity index (χ0v) is 10.9. The van der Waals surface area contributed by atoms with Crippen molar-refractivity contribution in [2.45, 2.75) is 39.7 Å². The van der Waals surface area contributed by atoms with E-state index in [1.807, 2.05) is 6.92 Å². The Labute approximate surface area is 103 Å². The van der Waals surface area contributed by atoms with Crippen LogP contribution in [0.3, 0.4) is 0 Å². The molecule has 0 saturated heterocycles. The second kappa shape index (κ2) is 7.28. The lowest BCUT2D eigenvalue weighted by molar-refractivity contribution is 0.191. The first-order valence-corrected chi connectivity index (χ1v) is 6.30. The second-order valence-electron chi connectivity index (χ2n) is 4.26. The molecular formula is C14H22FNO. The van der Waals surface area contributed by atoms with E-state index in [1.54, 1.807) is 6.07 Å². The minimum Gasteiger partial charge on any atom is -0.489 e. The summed E-state index contributed by atoms with van der Waals surface area (Å²) >= 11 is 0. The maximum atomic E-state index is 13.1. The number of ether oxygens (including phenoxy) is 1. The Kier molecular flexibility index (Phi) is 5.98. The molecular weight excluding hydrogens is 217 g/mol. The van der Waals surface area contributed by atoms with E-state index in [1.165, 1.54) is 12.1 Å². The molecule has 96 valence electrons. The van der Waals surface area contributed by atoms with E-state index in [0.717, 1.165) is 31.5 Å². The lowest BCUT2D eigenvalue weighted by Gasteiger charge is -2.19. The first-order valence-electron chi connectivity index (χ1n) is 6.30. The summed E-state index contributed by atoms with van der Waals surface area (Å²) in [7, 11) is 0. The molecule has 0 fully saturated rings. The van der Waals surface area contributed by atoms with Crippen molar-refractivity contribution in [2.75, 3.05) is 13.1 Å². The number of aryl methyl sites for hydroxylation is 1. The Morgan fingerprint density at radius 3 is 2.76 bits per heavy atom. The molecule has 0 spiro atoms. The smallest absolute Gasteiger partial charge is 0.126 e. The van der Waals surface area contributed by atoms with Gasteiger partial charge in [-0.3, -0.25) is 0 Å². The van der Waals surface area contributed by atoms with Gasteiger partial charge in [0, 0.05) is 12.6 Å². The Balaban J connectivity index is 2.57. The molecule has 17 heavy (non-hydrogen) atoms. The quantitative estimate of drug-likeness (QED) is 0.737. The van der Waals surface area contributed by atoms with E-state index in [0.29, 0.717) is 5.75 Å². The molecule has 1 aromatic rings. The Bertz CT molecular complexity index is 341. The molecule has 1 rings (SSSR count). The predicted molar refractivity (Wildman–Crippen MR) is 69.0 cm³/mol. The van der Waals surface area contributed by atoms with Crippen LogP contribution in [0.2, 0.25) is 0 Å². The molecule has 0 heterocycles. The molecule has 0 aliphatic heterocycles. The van der Waals surface area contributed by atoms with Gasteiger partial charge in [0.05, 0.1) is 0 Å². The largest absolute Gasteiger partial charge is 0.489 e. The molecule has 1 unspecified atom stereocenters. The van der Waals surface area contributed by atoms with Crippen LogP contribution in [0.4, 0.5) is 4.39 Å². The van der Waals surface area contributed by atoms with Gasteiger partial charge in [0.1, 0.15) is 17.7 Å². The fourth-order valence-corrected chi connectivity index (χ4v) is 1.59. The minimum atomic E-state index is -0.248. The number of hydrogen-bond acceptors (Lipinski definition) is 2. The molecule has 1 N–H and O–H groups in total. The van der Waals surface area contributed by atoms with E-state index in [2.05, 4.69) is 19.2 Å². The monoisotopic (exact) mass is 239 g/mol. The number of rotatable bonds is 7. The van der Waals surface area contributed by atoms with Gasteiger partial charge in [-0.05, 0) is 37.9 Å². The number of nitrogens with one attached hydrogen (secondary N) is 1. The molecule has 1 atom stereocenters. The molecule has 0 amide bonds. The van der Waals surface area contributed by atoms with Gasteiger partial charge in [0.25, 0.3) is 0 Å². The van der Waals surface area contributed by atoms with Crippen LogP contribution >= 0.6 is 0 Å². The summed E-state index contributed by atoms with van der Waals surface area (Å²) in [5, 5.41) is 3.32. The topological polar surface area (TPSA) is 21.3 Å². The third-order valence-corrected chi connectivity index (χ3v) is 2.70. The first kappa shape index (κ1) is 14.0. The van der Waals surface area contributed by atoms with Gasteiger partial charge in [-0.2, -0.15) is 0 Å². The Hall–Kier alpha value is -1.09. The second-order valence-corrected chi connectivity index (χ2v) is 4.26. The Morgan fingerprint density at radius 1 is 1.35 bits per heavy atom. The van der Waals surface area contributed by atoms with Crippen LogP contribution in [0.25, 0.3) is 0 Å². The number of hydrogen-bond donors (Lipinski definition) is 1. The standard InChI is InChI=1S/C14H22FNO/c1-4-8-16-10-13(5-2)17-14-9-12(15)7-6-11(14)3/h6-7,9,13,16H,4-5,8,10H2,1-3H3. The summed E-state index contributed by atoms with van der Waals surface area (Å²) in [5.41, 5.74) is 0.973. The molecule has 0 bridgehead atoms. The highest BCUT2D eigenvalue weighted by Crippen LogP contribution is 2.20. The molecule has 0 radical (unpaired) electrons. The van der Waals surface area contributed by atoms with Crippen molar-refractivity contribution in [3.05, 3.63) is 29.6 Å². The van der Waals surface area contributed by atoms with E-state index >= 15 is 0 Å². The summed E-state index contributed by atoms with van der Waals surface area (Å²) in [5.74, 6) is 0.400. The van der Waals surface area contributed by atoms with E-state index in [-0.39, 0.29) is 11.9 Å². The van der Waals surface area contributed by atoms with Gasteiger partial charge >= 0.3 is 0 Å². The molecule has 0 aromatic heterocycles. The summed E-state index contributed by atoms with van der Waals surface area (Å²) in [6, 6.07) is 4.66. The summed E-state index contributed by atoms with van der Waals surface area (Å²) < 4.78 is 18.9. The predicted octanol–water partition coefficient (Wildman–Crippen LogP) is 3.29. The third-order valence-electron chi connectivity index (χ3n) is 2.70. The van der Waals surface area contributed by atoms with Crippen LogP contribution < -0.4 is 10.1 Å². The van der Waals surface area contributed by atoms with Crippen molar-refractivity contribution in [1.82, 2.24) is 5.32 Å². The zero-order valence-electron chi connectivity index (χ0n) is 10.9. The fourth-order valence-electron chi connectivity index (χ4n) is 1.59. The van der Waals surface area contributed by atoms with Crippen molar-refractivity contribution in [2.24, 2.45) is 0 Å². The summed E-state index contributed by atoms with van der Waals surface area (Å²) in [4.78, 5) is 0. The van der Waals surface area contributed by atoms with Gasteiger partial charge in [-0.1, -0.05) is 19.9 Å². The van der Waals surface area contributed by atoms with Gasteiger partial charge < -0.3 is 10.1 Å². The molecule has 0 saturated carbocycles. The maximum absolute atomic E-state index is 13.1. The highest BCUT2D eigenvalue weighted by atomic mass is 19.1. The maximum Gasteiger partial charge on any atom is 0.126 e. The van der Waals surface area contributed by atoms with Crippen LogP contribution in [0.1, 0.15) is 32.3 Å². The van der Waals surface area contributed by atoms with Crippen LogP contribution in [-0.2, 0) is 0 Å². The molecule has 0 aliphatic carbocycles. The van der Waals surface area contributed by atoms with Gasteiger partial charge in [-0.15, -0.1) is 0 Å². The SMILES string of the molecule is CCCNCC(CC)Oc1cc(F)ccc1C. The fraction of sp³-hybridized carbons (Fsp3) is 0.571. The highest BCUT2D eigenvalue weighted by Gasteiger charge is 2.10. The van der Waals surface area contributed by atoms with Crippen molar-refractivity contribution in [3.8, 4) is 5.75 Å². The highest BCUT2D eigenvalue weighted by molar-refractivity contribution is 5.32. The average molecular weight is 239 g/mol. The van der Waals surface area contributed by atoms with Crippen LogP contribution in [0.5, 0.6) is 5.75 Å². The van der Waals surface area contributed by atoms with Gasteiger partial charge in [0.2, 0.25) is 0 Å². The molecule has 2 nitrogen and oxygen atoms in total. The normalized spacial score (nSPS) is 12.5. The van der Waals surface area contributed by atoms with Crippen LogP contribution in [0.15, 0.2) is 18.2 Å². The third kappa shape index (κ3) is 4.73. The molecule has 3 heteroatoms. The Morgan fingerprint density at radius 2 is 2.12 bits per heavy atom. The molecule has 1 aromatic carbocycles. The van der Waals surface area contributed by atoms with Crippen molar-refractivity contribution < 1.29 is 9.13 Å². The minimum absolute atomic E-state index is 0.0991. The lowest BCUT2D eigenvalue weighted by atomic mass is 10.2. The van der Waals surface area contributed by atoms with Crippen LogP contribution in [0, 0.1) is 12.7 Å². The first-order chi connectivity index (χ1) is 8.17. The molecule has 0 aliphatic rings. The van der Waals surface area contributed by atoms with Crippen molar-refractivity contribution in [1.29, 1.82) is 0 Å². The summed E-state index contributed by atoms with van der Waals surface area (Å²) in [6.07, 6.45) is 2.12. The zero-order chi connectivity index (χ0) is 12.7. The number of benzene rings is 1.